The highest BCUT2D eigenvalue weighted by Crippen LogP contribution is 2.35. The molecule has 25 heavy (non-hydrogen) atoms. The standard InChI is InChI=1S/C18H23F2NO4/c1-10-8-12(22)16(21(9-10)17(23)25-18(2,3)4)11-6-7-13(24-5)15(20)14(11)19/h6-7,10,16H,8-9H2,1-5H3/t10-,16-/m1/s1. The number of halogens is 2. The number of benzene rings is 1. The number of ketones is 1. The van der Waals surface area contributed by atoms with E-state index < -0.39 is 29.4 Å². The number of carbonyl (C=O) groups excluding carboxylic acids is 2. The summed E-state index contributed by atoms with van der Waals surface area (Å²) in [6.45, 7) is 7.13. The van der Waals surface area contributed by atoms with Gasteiger partial charge in [0.2, 0.25) is 5.82 Å². The summed E-state index contributed by atoms with van der Waals surface area (Å²) < 4.78 is 38.6. The predicted octanol–water partition coefficient (Wildman–Crippen LogP) is 3.86. The third-order valence-corrected chi connectivity index (χ3v) is 3.89. The number of hydrogen-bond acceptors (Lipinski definition) is 4. The highest BCUT2D eigenvalue weighted by atomic mass is 19.2. The maximum absolute atomic E-state index is 14.5. The summed E-state index contributed by atoms with van der Waals surface area (Å²) in [6, 6.07) is 1.30. The van der Waals surface area contributed by atoms with Crippen LogP contribution in [-0.4, -0.2) is 36.0 Å². The maximum atomic E-state index is 14.5. The lowest BCUT2D eigenvalue weighted by Gasteiger charge is -2.38. The Kier molecular flexibility index (Phi) is 5.34. The van der Waals surface area contributed by atoms with Gasteiger partial charge in [0.25, 0.3) is 0 Å². The second-order valence-electron chi connectivity index (χ2n) is 7.30. The van der Waals surface area contributed by atoms with Gasteiger partial charge in [-0.1, -0.05) is 6.92 Å². The van der Waals surface area contributed by atoms with Crippen molar-refractivity contribution in [3.63, 3.8) is 0 Å². The molecule has 2 atom stereocenters. The van der Waals surface area contributed by atoms with E-state index in [2.05, 4.69) is 0 Å². The van der Waals surface area contributed by atoms with Crippen molar-refractivity contribution in [1.29, 1.82) is 0 Å². The number of Topliss-reactive ketones (excluding diaryl/α,β-unsaturated/α-hetero) is 1. The number of likely N-dealkylation sites (tertiary alicyclic amines) is 1. The summed E-state index contributed by atoms with van der Waals surface area (Å²) in [6.07, 6.45) is -0.551. The lowest BCUT2D eigenvalue weighted by molar-refractivity contribution is -0.129. The molecule has 0 unspecified atom stereocenters. The normalized spacial score (nSPS) is 21.2. The van der Waals surface area contributed by atoms with Crippen LogP contribution in [-0.2, 0) is 9.53 Å². The second kappa shape index (κ2) is 6.98. The van der Waals surface area contributed by atoms with Crippen LogP contribution in [0.1, 0.15) is 45.7 Å². The Hall–Kier alpha value is -2.18. The molecule has 0 radical (unpaired) electrons. The number of rotatable bonds is 2. The van der Waals surface area contributed by atoms with Crippen molar-refractivity contribution >= 4 is 11.9 Å². The third-order valence-electron chi connectivity index (χ3n) is 3.89. The van der Waals surface area contributed by atoms with Crippen LogP contribution in [0.2, 0.25) is 0 Å². The highest BCUT2D eigenvalue weighted by molar-refractivity contribution is 5.90. The number of amides is 1. The topological polar surface area (TPSA) is 55.8 Å². The zero-order valence-electron chi connectivity index (χ0n) is 15.1. The molecule has 1 heterocycles. The number of methoxy groups -OCH3 is 1. The van der Waals surface area contributed by atoms with Crippen molar-refractivity contribution < 1.29 is 27.8 Å². The molecule has 7 heteroatoms. The van der Waals surface area contributed by atoms with Gasteiger partial charge in [0.15, 0.2) is 17.3 Å². The summed E-state index contributed by atoms with van der Waals surface area (Å²) in [5.41, 5.74) is -0.962. The molecule has 0 aliphatic carbocycles. The van der Waals surface area contributed by atoms with E-state index in [9.17, 15) is 18.4 Å². The molecule has 5 nitrogen and oxygen atoms in total. The van der Waals surface area contributed by atoms with Crippen molar-refractivity contribution in [2.75, 3.05) is 13.7 Å². The van der Waals surface area contributed by atoms with E-state index in [0.29, 0.717) is 0 Å². The number of carbonyl (C=O) groups is 2. The Morgan fingerprint density at radius 2 is 1.88 bits per heavy atom. The van der Waals surface area contributed by atoms with Gasteiger partial charge in [-0.25, -0.2) is 9.18 Å². The minimum atomic E-state index is -1.22. The molecule has 2 rings (SSSR count). The van der Waals surface area contributed by atoms with Crippen LogP contribution < -0.4 is 4.74 Å². The van der Waals surface area contributed by atoms with Gasteiger partial charge in [-0.3, -0.25) is 9.69 Å². The minimum absolute atomic E-state index is 0.0950. The Morgan fingerprint density at radius 3 is 2.44 bits per heavy atom. The van der Waals surface area contributed by atoms with Gasteiger partial charge >= 0.3 is 6.09 Å². The monoisotopic (exact) mass is 355 g/mol. The molecular weight excluding hydrogens is 332 g/mol. The number of ether oxygens (including phenoxy) is 2. The molecule has 1 aromatic rings. The average molecular weight is 355 g/mol. The van der Waals surface area contributed by atoms with Crippen LogP contribution in [0.5, 0.6) is 5.75 Å². The molecule has 0 bridgehead atoms. The summed E-state index contributed by atoms with van der Waals surface area (Å²) in [5, 5.41) is 0. The third kappa shape index (κ3) is 4.08. The number of hydrogen-bond donors (Lipinski definition) is 0. The molecular formula is C18H23F2NO4. The Balaban J connectivity index is 2.46. The van der Waals surface area contributed by atoms with Crippen molar-refractivity contribution in [3.8, 4) is 5.75 Å². The molecule has 0 spiro atoms. The lowest BCUT2D eigenvalue weighted by atomic mass is 9.88. The molecule has 1 amide bonds. The van der Waals surface area contributed by atoms with Gasteiger partial charge in [-0.15, -0.1) is 0 Å². The zero-order chi connectivity index (χ0) is 18.9. The number of piperidine rings is 1. The van der Waals surface area contributed by atoms with Crippen LogP contribution in [0.3, 0.4) is 0 Å². The van der Waals surface area contributed by atoms with Crippen molar-refractivity contribution in [1.82, 2.24) is 4.90 Å². The van der Waals surface area contributed by atoms with Crippen molar-refractivity contribution in [2.24, 2.45) is 5.92 Å². The smallest absolute Gasteiger partial charge is 0.411 e. The van der Waals surface area contributed by atoms with Gasteiger partial charge in [0.05, 0.1) is 7.11 Å². The average Bonchev–Trinajstić information content (AvgIpc) is 2.48. The summed E-state index contributed by atoms with van der Waals surface area (Å²) >= 11 is 0. The second-order valence-corrected chi connectivity index (χ2v) is 7.30. The fourth-order valence-corrected chi connectivity index (χ4v) is 2.89. The lowest BCUT2D eigenvalue weighted by Crippen LogP contribution is -2.48. The first-order chi connectivity index (χ1) is 11.5. The van der Waals surface area contributed by atoms with Crippen LogP contribution in [0, 0.1) is 17.6 Å². The molecule has 138 valence electrons. The summed E-state index contributed by atoms with van der Waals surface area (Å²) in [7, 11) is 1.22. The van der Waals surface area contributed by atoms with Gasteiger partial charge < -0.3 is 9.47 Å². The molecule has 1 saturated heterocycles. The maximum Gasteiger partial charge on any atom is 0.411 e. The van der Waals surface area contributed by atoms with Crippen molar-refractivity contribution in [3.05, 3.63) is 29.3 Å². The van der Waals surface area contributed by atoms with Crippen LogP contribution >= 0.6 is 0 Å². The van der Waals surface area contributed by atoms with Gasteiger partial charge in [0, 0.05) is 18.5 Å². The van der Waals surface area contributed by atoms with E-state index in [1.54, 1.807) is 20.8 Å². The first-order valence-electron chi connectivity index (χ1n) is 8.09. The molecule has 1 fully saturated rings. The van der Waals surface area contributed by atoms with Gasteiger partial charge in [0.1, 0.15) is 11.6 Å². The Morgan fingerprint density at radius 1 is 1.24 bits per heavy atom. The highest BCUT2D eigenvalue weighted by Gasteiger charge is 2.41. The van der Waals surface area contributed by atoms with E-state index >= 15 is 0 Å². The van der Waals surface area contributed by atoms with Gasteiger partial charge in [-0.2, -0.15) is 4.39 Å². The van der Waals surface area contributed by atoms with Gasteiger partial charge in [-0.05, 0) is 38.8 Å². The first-order valence-corrected chi connectivity index (χ1v) is 8.09. The Bertz CT molecular complexity index is 684. The number of nitrogens with zero attached hydrogens (tertiary/aromatic N) is 1. The first kappa shape index (κ1) is 19.1. The largest absolute Gasteiger partial charge is 0.494 e. The van der Waals surface area contributed by atoms with E-state index in [0.717, 1.165) is 0 Å². The van der Waals surface area contributed by atoms with Crippen molar-refractivity contribution in [2.45, 2.75) is 45.8 Å². The van der Waals surface area contributed by atoms with E-state index in [4.69, 9.17) is 9.47 Å². The zero-order valence-corrected chi connectivity index (χ0v) is 15.1. The van der Waals surface area contributed by atoms with E-state index in [1.165, 1.54) is 24.1 Å². The van der Waals surface area contributed by atoms with E-state index in [1.807, 2.05) is 6.92 Å². The van der Waals surface area contributed by atoms with Crippen LogP contribution in [0.25, 0.3) is 0 Å². The molecule has 1 aliphatic heterocycles. The molecule has 1 aliphatic rings. The minimum Gasteiger partial charge on any atom is -0.494 e. The predicted molar refractivity (Wildman–Crippen MR) is 87.4 cm³/mol. The Labute approximate surface area is 145 Å². The SMILES string of the molecule is COc1ccc([C@@H]2C(=O)C[C@@H](C)CN2C(=O)OC(C)(C)C)c(F)c1F. The fraction of sp³-hybridized carbons (Fsp3) is 0.556. The molecule has 1 aromatic carbocycles. The molecule has 0 aromatic heterocycles. The fourth-order valence-electron chi connectivity index (χ4n) is 2.89. The molecule has 0 N–H and O–H groups in total. The summed E-state index contributed by atoms with van der Waals surface area (Å²) in [4.78, 5) is 26.2. The van der Waals surface area contributed by atoms with Crippen LogP contribution in [0.4, 0.5) is 13.6 Å². The van der Waals surface area contributed by atoms with Crippen LogP contribution in [0.15, 0.2) is 12.1 Å². The quantitative estimate of drug-likeness (QED) is 0.808. The van der Waals surface area contributed by atoms with E-state index in [-0.39, 0.29) is 36.0 Å². The molecule has 0 saturated carbocycles. The summed E-state index contributed by atoms with van der Waals surface area (Å²) in [5.74, 6) is -3.09.